The highest BCUT2D eigenvalue weighted by molar-refractivity contribution is 5.93. The van der Waals surface area contributed by atoms with E-state index in [2.05, 4.69) is 12.2 Å². The average Bonchev–Trinajstić information content (AvgIpc) is 3.12. The molecule has 1 saturated heterocycles. The Morgan fingerprint density at radius 3 is 2.77 bits per heavy atom. The van der Waals surface area contributed by atoms with Crippen LogP contribution >= 0.6 is 0 Å². The molecule has 2 heterocycles. The molecule has 3 aliphatic rings. The number of unbranched alkanes of at least 4 members (excludes halogenated alkanes) is 1. The average molecular weight is 421 g/mol. The van der Waals surface area contributed by atoms with Gasteiger partial charge in [-0.15, -0.1) is 0 Å². The van der Waals surface area contributed by atoms with Crippen LogP contribution in [0.25, 0.3) is 0 Å². The highest BCUT2D eigenvalue weighted by Crippen LogP contribution is 2.55. The molecule has 3 rings (SSSR count). The van der Waals surface area contributed by atoms with Crippen molar-refractivity contribution in [2.45, 2.75) is 71.6 Å². The van der Waals surface area contributed by atoms with Gasteiger partial charge < -0.3 is 19.7 Å². The molecule has 1 fully saturated rings. The lowest BCUT2D eigenvalue weighted by Gasteiger charge is -2.45. The molecule has 0 aromatic carbocycles. The number of allylic oxidation sites excluding steroid dienone is 1. The predicted molar refractivity (Wildman–Crippen MR) is 112 cm³/mol. The van der Waals surface area contributed by atoms with Gasteiger partial charge in [-0.25, -0.2) is 0 Å². The fourth-order valence-electron chi connectivity index (χ4n) is 5.10. The van der Waals surface area contributed by atoms with Crippen LogP contribution in [0.2, 0.25) is 0 Å². The quantitative estimate of drug-likeness (QED) is 0.410. The molecular weight excluding hydrogens is 384 g/mol. The Kier molecular flexibility index (Phi) is 7.92. The highest BCUT2D eigenvalue weighted by atomic mass is 16.5. The lowest BCUT2D eigenvalue weighted by molar-refractivity contribution is -0.161. The van der Waals surface area contributed by atoms with Gasteiger partial charge in [-0.2, -0.15) is 0 Å². The summed E-state index contributed by atoms with van der Waals surface area (Å²) in [4.78, 5) is 40.4. The van der Waals surface area contributed by atoms with Crippen LogP contribution in [0.15, 0.2) is 11.3 Å². The standard InChI is InChI=1S/C23H36N2O5/c1-3-5-13-29-14-7-11-24-19(26)15-18-16-23(22(28)30-4-2)10-9-17-8-6-12-25(20(17)23)21(18)27/h18H,3-16H2,1-2H3,(H,24,26)/t18-,23-/m1/s1. The Morgan fingerprint density at radius 2 is 2.00 bits per heavy atom. The van der Waals surface area contributed by atoms with Gasteiger partial charge in [-0.05, 0) is 57.4 Å². The molecule has 7 nitrogen and oxygen atoms in total. The molecule has 0 aromatic rings. The zero-order valence-electron chi connectivity index (χ0n) is 18.5. The minimum Gasteiger partial charge on any atom is -0.465 e. The topological polar surface area (TPSA) is 84.9 Å². The minimum atomic E-state index is -0.752. The van der Waals surface area contributed by atoms with E-state index in [0.29, 0.717) is 39.1 Å². The number of nitrogens with zero attached hydrogens (tertiary/aromatic N) is 1. The number of hydrogen-bond acceptors (Lipinski definition) is 5. The van der Waals surface area contributed by atoms with Crippen LogP contribution in [-0.4, -0.2) is 55.6 Å². The molecule has 0 aromatic heterocycles. The van der Waals surface area contributed by atoms with Gasteiger partial charge in [0.05, 0.1) is 6.61 Å². The first-order valence-electron chi connectivity index (χ1n) is 11.6. The van der Waals surface area contributed by atoms with Crippen molar-refractivity contribution in [1.82, 2.24) is 10.2 Å². The molecule has 0 bridgehead atoms. The van der Waals surface area contributed by atoms with Gasteiger partial charge in [0.2, 0.25) is 11.8 Å². The fourth-order valence-corrected chi connectivity index (χ4v) is 5.10. The molecule has 0 radical (unpaired) electrons. The molecule has 1 N–H and O–H groups in total. The Bertz CT molecular complexity index is 689. The van der Waals surface area contributed by atoms with Crippen molar-refractivity contribution >= 4 is 17.8 Å². The molecule has 2 amide bonds. The number of nitrogens with one attached hydrogen (secondary N) is 1. The monoisotopic (exact) mass is 420 g/mol. The van der Waals surface area contributed by atoms with Gasteiger partial charge in [0.1, 0.15) is 5.41 Å². The first kappa shape index (κ1) is 22.8. The molecular formula is C23H36N2O5. The lowest BCUT2D eigenvalue weighted by Crippen LogP contribution is -2.53. The molecule has 1 aliphatic carbocycles. The van der Waals surface area contributed by atoms with Crippen LogP contribution in [0.4, 0.5) is 0 Å². The number of hydrogen-bond donors (Lipinski definition) is 1. The maximum atomic E-state index is 13.2. The number of amides is 2. The van der Waals surface area contributed by atoms with Crippen molar-refractivity contribution in [3.05, 3.63) is 11.3 Å². The van der Waals surface area contributed by atoms with Crippen molar-refractivity contribution in [3.8, 4) is 0 Å². The Labute approximate surface area is 179 Å². The summed E-state index contributed by atoms with van der Waals surface area (Å²) >= 11 is 0. The SMILES string of the molecule is CCCCOCCCNC(=O)C[C@@H]1C[C@]2(C(=O)OCC)CCC3=C2N(CCC3)C1=O. The molecule has 0 saturated carbocycles. The first-order chi connectivity index (χ1) is 14.5. The second kappa shape index (κ2) is 10.4. The maximum Gasteiger partial charge on any atom is 0.318 e. The summed E-state index contributed by atoms with van der Waals surface area (Å²) in [6.45, 7) is 6.80. The van der Waals surface area contributed by atoms with E-state index in [0.717, 1.165) is 50.8 Å². The third-order valence-corrected chi connectivity index (χ3v) is 6.51. The molecule has 168 valence electrons. The van der Waals surface area contributed by atoms with E-state index in [1.807, 2.05) is 6.92 Å². The minimum absolute atomic E-state index is 0.0120. The fraction of sp³-hybridized carbons (Fsp3) is 0.783. The van der Waals surface area contributed by atoms with Gasteiger partial charge in [0.15, 0.2) is 0 Å². The number of piperidine rings is 1. The second-order valence-corrected chi connectivity index (χ2v) is 8.62. The molecule has 2 aliphatic heterocycles. The summed E-state index contributed by atoms with van der Waals surface area (Å²) in [5, 5.41) is 2.91. The summed E-state index contributed by atoms with van der Waals surface area (Å²) < 4.78 is 10.9. The van der Waals surface area contributed by atoms with E-state index in [9.17, 15) is 14.4 Å². The van der Waals surface area contributed by atoms with Gasteiger partial charge in [-0.3, -0.25) is 14.4 Å². The Hall–Kier alpha value is -1.89. The third kappa shape index (κ3) is 4.71. The number of rotatable bonds is 11. The predicted octanol–water partition coefficient (Wildman–Crippen LogP) is 2.94. The van der Waals surface area contributed by atoms with E-state index in [1.165, 1.54) is 5.57 Å². The Balaban J connectivity index is 1.60. The van der Waals surface area contributed by atoms with Crippen LogP contribution in [0.5, 0.6) is 0 Å². The van der Waals surface area contributed by atoms with E-state index in [-0.39, 0.29) is 24.2 Å². The summed E-state index contributed by atoms with van der Waals surface area (Å²) in [6, 6.07) is 0. The van der Waals surface area contributed by atoms with Crippen molar-refractivity contribution in [1.29, 1.82) is 0 Å². The second-order valence-electron chi connectivity index (χ2n) is 8.62. The molecule has 0 spiro atoms. The van der Waals surface area contributed by atoms with Crippen LogP contribution in [0.3, 0.4) is 0 Å². The van der Waals surface area contributed by atoms with Gasteiger partial charge >= 0.3 is 5.97 Å². The van der Waals surface area contributed by atoms with E-state index < -0.39 is 11.3 Å². The summed E-state index contributed by atoms with van der Waals surface area (Å²) in [6.07, 6.45) is 6.81. The van der Waals surface area contributed by atoms with Crippen LogP contribution in [-0.2, 0) is 23.9 Å². The third-order valence-electron chi connectivity index (χ3n) is 6.51. The summed E-state index contributed by atoms with van der Waals surface area (Å²) in [7, 11) is 0. The van der Waals surface area contributed by atoms with Gasteiger partial charge in [0, 0.05) is 44.3 Å². The molecule has 0 unspecified atom stereocenters. The normalized spacial score (nSPS) is 25.3. The van der Waals surface area contributed by atoms with Crippen molar-refractivity contribution in [3.63, 3.8) is 0 Å². The van der Waals surface area contributed by atoms with E-state index in [1.54, 1.807) is 4.90 Å². The largest absolute Gasteiger partial charge is 0.465 e. The van der Waals surface area contributed by atoms with Crippen molar-refractivity contribution in [2.24, 2.45) is 11.3 Å². The lowest BCUT2D eigenvalue weighted by atomic mass is 9.71. The number of carbonyl (C=O) groups excluding carboxylic acids is 3. The van der Waals surface area contributed by atoms with Crippen molar-refractivity contribution in [2.75, 3.05) is 32.9 Å². The van der Waals surface area contributed by atoms with E-state index >= 15 is 0 Å². The number of carbonyl (C=O) groups is 3. The smallest absolute Gasteiger partial charge is 0.318 e. The first-order valence-corrected chi connectivity index (χ1v) is 11.6. The van der Waals surface area contributed by atoms with Crippen molar-refractivity contribution < 1.29 is 23.9 Å². The Morgan fingerprint density at radius 1 is 1.20 bits per heavy atom. The summed E-state index contributed by atoms with van der Waals surface area (Å²) in [5.41, 5.74) is 1.38. The van der Waals surface area contributed by atoms with Crippen LogP contribution in [0.1, 0.15) is 71.6 Å². The zero-order valence-corrected chi connectivity index (χ0v) is 18.5. The molecule has 30 heavy (non-hydrogen) atoms. The van der Waals surface area contributed by atoms with Crippen LogP contribution in [0, 0.1) is 11.3 Å². The highest BCUT2D eigenvalue weighted by Gasteiger charge is 2.57. The number of ether oxygens (including phenoxy) is 2. The molecule has 2 atom stereocenters. The van der Waals surface area contributed by atoms with Gasteiger partial charge in [0.25, 0.3) is 0 Å². The zero-order chi connectivity index (χ0) is 21.6. The summed E-state index contributed by atoms with van der Waals surface area (Å²) in [5.74, 6) is -0.855. The number of esters is 1. The molecule has 7 heteroatoms. The van der Waals surface area contributed by atoms with E-state index in [4.69, 9.17) is 9.47 Å². The van der Waals surface area contributed by atoms with Crippen LogP contribution < -0.4 is 5.32 Å². The maximum absolute atomic E-state index is 13.2. The van der Waals surface area contributed by atoms with Gasteiger partial charge in [-0.1, -0.05) is 13.3 Å².